The number of benzene rings is 2. The summed E-state index contributed by atoms with van der Waals surface area (Å²) in [4.78, 5) is 6.74. The summed E-state index contributed by atoms with van der Waals surface area (Å²) in [6.45, 7) is 5.78. The summed E-state index contributed by atoms with van der Waals surface area (Å²) in [7, 11) is 0. The second-order valence-corrected chi connectivity index (χ2v) is 6.76. The molecule has 27 heavy (non-hydrogen) atoms. The summed E-state index contributed by atoms with van der Waals surface area (Å²) in [5.41, 5.74) is 2.26. The highest BCUT2D eigenvalue weighted by molar-refractivity contribution is 5.64. The Morgan fingerprint density at radius 1 is 1.11 bits per heavy atom. The normalized spacial score (nSPS) is 16.4. The third kappa shape index (κ3) is 4.07. The average molecular weight is 367 g/mol. The van der Waals surface area contributed by atoms with Crippen LogP contribution in [0.1, 0.15) is 30.1 Å². The number of morpholine rings is 1. The second-order valence-electron chi connectivity index (χ2n) is 6.76. The maximum Gasteiger partial charge on any atom is 0.233 e. The molecule has 0 N–H and O–H groups in total. The van der Waals surface area contributed by atoms with Crippen LogP contribution in [0.2, 0.25) is 0 Å². The molecule has 0 spiro atoms. The van der Waals surface area contributed by atoms with Crippen molar-refractivity contribution in [2.24, 2.45) is 0 Å². The van der Waals surface area contributed by atoms with Gasteiger partial charge in [0.05, 0.1) is 25.7 Å². The Labute approximate surface area is 157 Å². The van der Waals surface area contributed by atoms with Crippen LogP contribution in [-0.2, 0) is 11.3 Å². The van der Waals surface area contributed by atoms with Gasteiger partial charge in [0.25, 0.3) is 0 Å². The molecule has 1 fully saturated rings. The monoisotopic (exact) mass is 367 g/mol. The van der Waals surface area contributed by atoms with Gasteiger partial charge in [-0.25, -0.2) is 4.39 Å². The van der Waals surface area contributed by atoms with Crippen molar-refractivity contribution in [3.05, 3.63) is 71.6 Å². The zero-order chi connectivity index (χ0) is 18.6. The molecule has 5 nitrogen and oxygen atoms in total. The Kier molecular flexibility index (Phi) is 5.27. The van der Waals surface area contributed by atoms with E-state index >= 15 is 0 Å². The molecule has 1 atom stereocenters. The topological polar surface area (TPSA) is 51.4 Å². The third-order valence-electron chi connectivity index (χ3n) is 4.90. The predicted octanol–water partition coefficient (Wildman–Crippen LogP) is 3.86. The lowest BCUT2D eigenvalue weighted by atomic mass is 9.97. The third-order valence-corrected chi connectivity index (χ3v) is 4.90. The van der Waals surface area contributed by atoms with Crippen molar-refractivity contribution in [1.82, 2.24) is 15.0 Å². The van der Waals surface area contributed by atoms with Gasteiger partial charge in [-0.3, -0.25) is 4.90 Å². The molecule has 2 heterocycles. The van der Waals surface area contributed by atoms with Crippen LogP contribution >= 0.6 is 0 Å². The highest BCUT2D eigenvalue weighted by atomic mass is 19.1. The molecule has 6 heteroatoms. The number of rotatable bonds is 5. The van der Waals surface area contributed by atoms with Gasteiger partial charge in [0.2, 0.25) is 5.89 Å². The smallest absolute Gasteiger partial charge is 0.233 e. The fourth-order valence-electron chi connectivity index (χ4n) is 3.26. The lowest BCUT2D eigenvalue weighted by Gasteiger charge is -2.24. The first-order valence-corrected chi connectivity index (χ1v) is 9.18. The number of ether oxygens (including phenoxy) is 1. The molecular weight excluding hydrogens is 345 g/mol. The van der Waals surface area contributed by atoms with E-state index in [0.717, 1.165) is 37.4 Å². The fraction of sp³-hybridized carbons (Fsp3) is 0.333. The summed E-state index contributed by atoms with van der Waals surface area (Å²) in [5, 5.41) is 4.08. The van der Waals surface area contributed by atoms with Crippen molar-refractivity contribution in [3.8, 4) is 11.1 Å². The van der Waals surface area contributed by atoms with Crippen LogP contribution in [0.4, 0.5) is 4.39 Å². The summed E-state index contributed by atoms with van der Waals surface area (Å²) < 4.78 is 25.4. The van der Waals surface area contributed by atoms with Gasteiger partial charge in [-0.2, -0.15) is 4.98 Å². The largest absolute Gasteiger partial charge is 0.379 e. The maximum atomic E-state index is 14.6. The van der Waals surface area contributed by atoms with E-state index in [4.69, 9.17) is 9.26 Å². The Bertz CT molecular complexity index is 891. The van der Waals surface area contributed by atoms with E-state index in [-0.39, 0.29) is 11.7 Å². The van der Waals surface area contributed by atoms with Crippen molar-refractivity contribution in [2.45, 2.75) is 19.4 Å². The fourth-order valence-corrected chi connectivity index (χ4v) is 3.26. The summed E-state index contributed by atoms with van der Waals surface area (Å²) in [5.74, 6) is 0.735. The van der Waals surface area contributed by atoms with Crippen molar-refractivity contribution in [1.29, 1.82) is 0 Å². The number of nitrogens with zero attached hydrogens (tertiary/aromatic N) is 3. The molecule has 1 unspecified atom stereocenters. The second kappa shape index (κ2) is 7.98. The van der Waals surface area contributed by atoms with E-state index in [0.29, 0.717) is 23.8 Å². The quantitative estimate of drug-likeness (QED) is 0.685. The van der Waals surface area contributed by atoms with Crippen LogP contribution in [0.3, 0.4) is 0 Å². The van der Waals surface area contributed by atoms with Crippen molar-refractivity contribution in [2.75, 3.05) is 26.3 Å². The van der Waals surface area contributed by atoms with Crippen LogP contribution in [0.15, 0.2) is 53.1 Å². The maximum absolute atomic E-state index is 14.6. The van der Waals surface area contributed by atoms with E-state index < -0.39 is 0 Å². The molecule has 0 saturated carbocycles. The molecule has 0 bridgehead atoms. The SMILES string of the molecule is CC(c1ccc(-c2ccccc2)c(F)c1)c1nc(CN2CCOCC2)no1. The van der Waals surface area contributed by atoms with Gasteiger partial charge < -0.3 is 9.26 Å². The van der Waals surface area contributed by atoms with Crippen molar-refractivity contribution in [3.63, 3.8) is 0 Å². The zero-order valence-electron chi connectivity index (χ0n) is 15.3. The van der Waals surface area contributed by atoms with Crippen LogP contribution in [0.25, 0.3) is 11.1 Å². The molecule has 2 aromatic carbocycles. The minimum atomic E-state index is -0.251. The summed E-state index contributed by atoms with van der Waals surface area (Å²) in [6, 6.07) is 14.8. The van der Waals surface area contributed by atoms with E-state index in [9.17, 15) is 4.39 Å². The molecule has 0 radical (unpaired) electrons. The molecule has 0 aliphatic carbocycles. The first-order chi connectivity index (χ1) is 13.2. The minimum absolute atomic E-state index is 0.171. The predicted molar refractivity (Wildman–Crippen MR) is 99.7 cm³/mol. The van der Waals surface area contributed by atoms with Crippen molar-refractivity contribution < 1.29 is 13.7 Å². The Balaban J connectivity index is 1.49. The minimum Gasteiger partial charge on any atom is -0.379 e. The molecule has 1 aliphatic heterocycles. The highest BCUT2D eigenvalue weighted by Gasteiger charge is 2.20. The highest BCUT2D eigenvalue weighted by Crippen LogP contribution is 2.28. The van der Waals surface area contributed by atoms with E-state index in [1.807, 2.05) is 49.4 Å². The molecular formula is C21H22FN3O2. The van der Waals surface area contributed by atoms with Crippen LogP contribution in [0.5, 0.6) is 0 Å². The zero-order valence-corrected chi connectivity index (χ0v) is 15.3. The van der Waals surface area contributed by atoms with Gasteiger partial charge in [-0.05, 0) is 24.1 Å². The van der Waals surface area contributed by atoms with Gasteiger partial charge in [0.15, 0.2) is 5.82 Å². The number of halogens is 1. The number of hydrogen-bond donors (Lipinski definition) is 0. The van der Waals surface area contributed by atoms with Crippen molar-refractivity contribution >= 4 is 0 Å². The molecule has 0 amide bonds. The summed E-state index contributed by atoms with van der Waals surface area (Å²) in [6.07, 6.45) is 0. The lowest BCUT2D eigenvalue weighted by molar-refractivity contribution is 0.0327. The molecule has 3 aromatic rings. The summed E-state index contributed by atoms with van der Waals surface area (Å²) >= 11 is 0. The first-order valence-electron chi connectivity index (χ1n) is 9.18. The van der Waals surface area contributed by atoms with E-state index in [1.54, 1.807) is 6.07 Å². The van der Waals surface area contributed by atoms with Crippen LogP contribution in [-0.4, -0.2) is 41.3 Å². The Hall–Kier alpha value is -2.57. The molecule has 4 rings (SSSR count). The molecule has 1 saturated heterocycles. The Morgan fingerprint density at radius 3 is 2.63 bits per heavy atom. The number of hydrogen-bond acceptors (Lipinski definition) is 5. The first kappa shape index (κ1) is 17.8. The Morgan fingerprint density at radius 2 is 1.89 bits per heavy atom. The lowest BCUT2D eigenvalue weighted by Crippen LogP contribution is -2.35. The standard InChI is InChI=1S/C21H22FN3O2/c1-15(21-23-20(24-27-21)14-25-9-11-26-12-10-25)17-7-8-18(19(22)13-17)16-5-3-2-4-6-16/h2-8,13,15H,9-12,14H2,1H3. The van der Waals surface area contributed by atoms with Gasteiger partial charge in [-0.1, -0.05) is 47.6 Å². The van der Waals surface area contributed by atoms with E-state index in [2.05, 4.69) is 15.0 Å². The van der Waals surface area contributed by atoms with Crippen LogP contribution in [0, 0.1) is 5.82 Å². The molecule has 1 aromatic heterocycles. The van der Waals surface area contributed by atoms with Gasteiger partial charge in [-0.15, -0.1) is 0 Å². The van der Waals surface area contributed by atoms with E-state index in [1.165, 1.54) is 0 Å². The number of aromatic nitrogens is 2. The van der Waals surface area contributed by atoms with Gasteiger partial charge in [0, 0.05) is 18.7 Å². The van der Waals surface area contributed by atoms with Gasteiger partial charge >= 0.3 is 0 Å². The molecule has 1 aliphatic rings. The average Bonchev–Trinajstić information content (AvgIpc) is 3.17. The van der Waals surface area contributed by atoms with Crippen LogP contribution < -0.4 is 0 Å². The molecule has 140 valence electrons. The van der Waals surface area contributed by atoms with Gasteiger partial charge in [0.1, 0.15) is 5.82 Å².